The van der Waals surface area contributed by atoms with Crippen molar-refractivity contribution in [3.8, 4) is 0 Å². The Morgan fingerprint density at radius 1 is 0.774 bits per heavy atom. The molecule has 0 aromatic heterocycles. The molecule has 1 aromatic carbocycles. The largest absolute Gasteiger partial charge is 0.478 e. The summed E-state index contributed by atoms with van der Waals surface area (Å²) >= 11 is 0. The maximum Gasteiger partial charge on any atom is 0.335 e. The lowest BCUT2D eigenvalue weighted by atomic mass is 10.0. The predicted molar refractivity (Wildman–Crippen MR) is 132 cm³/mol. The van der Waals surface area contributed by atoms with E-state index in [9.17, 15) is 4.79 Å². The van der Waals surface area contributed by atoms with Gasteiger partial charge in [-0.3, -0.25) is 0 Å². The molecule has 4 heteroatoms. The van der Waals surface area contributed by atoms with Crippen molar-refractivity contribution in [3.63, 3.8) is 0 Å². The minimum atomic E-state index is -0.879. The number of hydrogen-bond donors (Lipinski definition) is 1. The molecule has 1 aromatic rings. The number of nitrogens with zero attached hydrogens (tertiary/aromatic N) is 2. The first-order valence-corrected chi connectivity index (χ1v) is 12.5. The van der Waals surface area contributed by atoms with Gasteiger partial charge in [-0.25, -0.2) is 4.79 Å². The van der Waals surface area contributed by atoms with Gasteiger partial charge in [-0.05, 0) is 18.6 Å². The Morgan fingerprint density at radius 3 is 1.65 bits per heavy atom. The average molecular weight is 431 g/mol. The number of carboxylic acids is 1. The first-order chi connectivity index (χ1) is 15.1. The van der Waals surface area contributed by atoms with Gasteiger partial charge in [0, 0.05) is 26.0 Å². The average Bonchev–Trinajstić information content (AvgIpc) is 3.20. The van der Waals surface area contributed by atoms with Crippen LogP contribution in [0.2, 0.25) is 0 Å². The van der Waals surface area contributed by atoms with Gasteiger partial charge in [0.05, 0.1) is 12.2 Å². The molecule has 0 saturated heterocycles. The standard InChI is InChI=1S/C20H40N2.C7H6O2/c1-3-4-5-6-7-8-9-10-11-12-13-14-15-16-17-22-19-18-21(2)20-22;8-7(9)6-4-2-1-3-5-6/h18-19H,3-17,20H2,1-2H3;1-5H,(H,8,9). The molecule has 0 radical (unpaired) electrons. The van der Waals surface area contributed by atoms with E-state index in [4.69, 9.17) is 5.11 Å². The second-order valence-corrected chi connectivity index (χ2v) is 8.78. The van der Waals surface area contributed by atoms with E-state index in [-0.39, 0.29) is 0 Å². The van der Waals surface area contributed by atoms with E-state index in [1.807, 2.05) is 0 Å². The normalized spacial score (nSPS) is 12.7. The maximum atomic E-state index is 10.2. The summed E-state index contributed by atoms with van der Waals surface area (Å²) in [5.41, 5.74) is 0.331. The van der Waals surface area contributed by atoms with Crippen molar-refractivity contribution in [3.05, 3.63) is 48.3 Å². The van der Waals surface area contributed by atoms with Crippen LogP contribution in [0.5, 0.6) is 0 Å². The molecular weight excluding hydrogens is 384 g/mol. The molecule has 2 rings (SSSR count). The van der Waals surface area contributed by atoms with Crippen molar-refractivity contribution in [1.82, 2.24) is 9.80 Å². The van der Waals surface area contributed by atoms with E-state index in [0.29, 0.717) is 5.56 Å². The number of unbranched alkanes of at least 4 members (excludes halogenated alkanes) is 13. The lowest BCUT2D eigenvalue weighted by Crippen LogP contribution is -2.23. The van der Waals surface area contributed by atoms with Gasteiger partial charge in [0.2, 0.25) is 0 Å². The van der Waals surface area contributed by atoms with Crippen LogP contribution in [0.25, 0.3) is 0 Å². The van der Waals surface area contributed by atoms with Gasteiger partial charge in [0.25, 0.3) is 0 Å². The molecule has 176 valence electrons. The molecule has 1 aliphatic heterocycles. The third-order valence-corrected chi connectivity index (χ3v) is 5.76. The number of carboxylic acid groups (broad SMARTS) is 1. The number of benzene rings is 1. The lowest BCUT2D eigenvalue weighted by Gasteiger charge is -2.17. The fourth-order valence-electron chi connectivity index (χ4n) is 3.82. The molecule has 0 fully saturated rings. The molecule has 1 aliphatic rings. The van der Waals surface area contributed by atoms with Gasteiger partial charge in [-0.1, -0.05) is 109 Å². The van der Waals surface area contributed by atoms with Gasteiger partial charge in [0.15, 0.2) is 0 Å². The van der Waals surface area contributed by atoms with Crippen molar-refractivity contribution in [2.24, 2.45) is 0 Å². The van der Waals surface area contributed by atoms with E-state index in [0.717, 1.165) is 6.67 Å². The van der Waals surface area contributed by atoms with Crippen molar-refractivity contribution < 1.29 is 9.90 Å². The number of aromatic carboxylic acids is 1. The van der Waals surface area contributed by atoms with Gasteiger partial charge in [0.1, 0.15) is 0 Å². The zero-order valence-electron chi connectivity index (χ0n) is 20.1. The molecule has 0 amide bonds. The second-order valence-electron chi connectivity index (χ2n) is 8.78. The summed E-state index contributed by atoms with van der Waals surface area (Å²) in [6, 6.07) is 8.30. The van der Waals surface area contributed by atoms with E-state index >= 15 is 0 Å². The molecule has 0 atom stereocenters. The molecule has 0 aliphatic carbocycles. The molecule has 0 spiro atoms. The molecule has 0 saturated carbocycles. The van der Waals surface area contributed by atoms with Crippen LogP contribution in [0, 0.1) is 0 Å². The third-order valence-electron chi connectivity index (χ3n) is 5.76. The van der Waals surface area contributed by atoms with Gasteiger partial charge in [-0.2, -0.15) is 0 Å². The first-order valence-electron chi connectivity index (χ1n) is 12.5. The van der Waals surface area contributed by atoms with E-state index in [2.05, 4.69) is 36.2 Å². The predicted octanol–water partition coefficient (Wildman–Crippen LogP) is 7.53. The Labute approximate surface area is 191 Å². The zero-order chi connectivity index (χ0) is 22.6. The molecule has 31 heavy (non-hydrogen) atoms. The quantitative estimate of drug-likeness (QED) is 0.275. The highest BCUT2D eigenvalue weighted by Gasteiger charge is 2.06. The number of carbonyl (C=O) groups is 1. The Kier molecular flexibility index (Phi) is 16.4. The minimum Gasteiger partial charge on any atom is -0.478 e. The second kappa shape index (κ2) is 18.8. The fraction of sp³-hybridized carbons (Fsp3) is 0.667. The third kappa shape index (κ3) is 15.5. The first kappa shape index (κ1) is 27.1. The number of rotatable bonds is 16. The van der Waals surface area contributed by atoms with Crippen LogP contribution in [0.4, 0.5) is 0 Å². The van der Waals surface area contributed by atoms with Crippen molar-refractivity contribution in [1.29, 1.82) is 0 Å². The summed E-state index contributed by atoms with van der Waals surface area (Å²) in [6.07, 6.45) is 24.6. The van der Waals surface area contributed by atoms with Crippen LogP contribution < -0.4 is 0 Å². The van der Waals surface area contributed by atoms with Gasteiger partial charge < -0.3 is 14.9 Å². The summed E-state index contributed by atoms with van der Waals surface area (Å²) in [5.74, 6) is -0.879. The molecule has 1 heterocycles. The van der Waals surface area contributed by atoms with E-state index in [1.165, 1.54) is 96.4 Å². The van der Waals surface area contributed by atoms with Crippen LogP contribution in [-0.4, -0.2) is 41.1 Å². The van der Waals surface area contributed by atoms with Gasteiger partial charge >= 0.3 is 5.97 Å². The van der Waals surface area contributed by atoms with Crippen molar-refractivity contribution in [2.45, 2.75) is 96.8 Å². The molecule has 4 nitrogen and oxygen atoms in total. The lowest BCUT2D eigenvalue weighted by molar-refractivity contribution is 0.0697. The zero-order valence-corrected chi connectivity index (χ0v) is 20.1. The van der Waals surface area contributed by atoms with E-state index < -0.39 is 5.97 Å². The summed E-state index contributed by atoms with van der Waals surface area (Å²) < 4.78 is 0. The van der Waals surface area contributed by atoms with Gasteiger partial charge in [-0.15, -0.1) is 0 Å². The number of hydrogen-bond acceptors (Lipinski definition) is 3. The van der Waals surface area contributed by atoms with Crippen molar-refractivity contribution >= 4 is 5.97 Å². The highest BCUT2D eigenvalue weighted by Crippen LogP contribution is 2.13. The highest BCUT2D eigenvalue weighted by molar-refractivity contribution is 5.87. The highest BCUT2D eigenvalue weighted by atomic mass is 16.4. The monoisotopic (exact) mass is 430 g/mol. The molecule has 0 unspecified atom stereocenters. The van der Waals surface area contributed by atoms with Crippen LogP contribution in [0.15, 0.2) is 42.7 Å². The van der Waals surface area contributed by atoms with Crippen LogP contribution in [0.1, 0.15) is 107 Å². The maximum absolute atomic E-state index is 10.2. The Morgan fingerprint density at radius 2 is 1.26 bits per heavy atom. The Hall–Kier alpha value is -1.97. The SMILES string of the molecule is CCCCCCCCCCCCCCCCN1C=CN(C)C1.O=C(O)c1ccccc1. The fourth-order valence-corrected chi connectivity index (χ4v) is 3.82. The topological polar surface area (TPSA) is 43.8 Å². The minimum absolute atomic E-state index is 0.331. The van der Waals surface area contributed by atoms with Crippen LogP contribution >= 0.6 is 0 Å². The Balaban J connectivity index is 0.000000442. The summed E-state index contributed by atoms with van der Waals surface area (Å²) in [6.45, 7) is 4.61. The van der Waals surface area contributed by atoms with Crippen molar-refractivity contribution in [2.75, 3.05) is 20.3 Å². The van der Waals surface area contributed by atoms with Crippen LogP contribution in [-0.2, 0) is 0 Å². The molecule has 1 N–H and O–H groups in total. The van der Waals surface area contributed by atoms with E-state index in [1.54, 1.807) is 30.3 Å². The summed E-state index contributed by atoms with van der Waals surface area (Å²) in [5, 5.41) is 8.38. The summed E-state index contributed by atoms with van der Waals surface area (Å²) in [4.78, 5) is 14.9. The summed E-state index contributed by atoms with van der Waals surface area (Å²) in [7, 11) is 2.14. The molecular formula is C27H46N2O2. The molecule has 0 bridgehead atoms. The van der Waals surface area contributed by atoms with Crippen LogP contribution in [0.3, 0.4) is 0 Å². The Bertz CT molecular complexity index is 574. The smallest absolute Gasteiger partial charge is 0.335 e.